The molecule has 7 heteroatoms. The first kappa shape index (κ1) is 12.5. The first-order chi connectivity index (χ1) is 7.95. The lowest BCUT2D eigenvalue weighted by Gasteiger charge is -2.25. The number of sulfonamides is 1. The van der Waals surface area contributed by atoms with Crippen molar-refractivity contribution in [1.29, 1.82) is 0 Å². The van der Waals surface area contributed by atoms with Crippen molar-refractivity contribution in [2.24, 2.45) is 0 Å². The molecule has 1 aromatic heterocycles. The fraction of sp³-hybridized carbons (Fsp3) is 0.500. The van der Waals surface area contributed by atoms with Crippen LogP contribution in [0, 0.1) is 0 Å². The van der Waals surface area contributed by atoms with Crippen molar-refractivity contribution in [3.8, 4) is 0 Å². The standard InChI is InChI=1S/C10H13NO4S2/c1-11-17(14,15)8-5-7(6-3-2-4-6)9(16-8)10(12)13/h5-6,11H,2-4H2,1H3,(H,12,13). The van der Waals surface area contributed by atoms with E-state index < -0.39 is 16.0 Å². The lowest BCUT2D eigenvalue weighted by Crippen LogP contribution is -2.17. The van der Waals surface area contributed by atoms with Crippen LogP contribution < -0.4 is 4.72 Å². The van der Waals surface area contributed by atoms with Gasteiger partial charge in [0.1, 0.15) is 9.09 Å². The molecule has 0 saturated heterocycles. The molecule has 0 atom stereocenters. The maximum Gasteiger partial charge on any atom is 0.346 e. The highest BCUT2D eigenvalue weighted by atomic mass is 32.2. The number of hydrogen-bond donors (Lipinski definition) is 2. The number of aromatic carboxylic acids is 1. The molecule has 2 N–H and O–H groups in total. The van der Waals surface area contributed by atoms with E-state index in [-0.39, 0.29) is 15.0 Å². The molecule has 0 radical (unpaired) electrons. The number of carboxylic acid groups (broad SMARTS) is 1. The van der Waals surface area contributed by atoms with Crippen LogP contribution in [0.1, 0.15) is 40.4 Å². The van der Waals surface area contributed by atoms with Crippen molar-refractivity contribution >= 4 is 27.3 Å². The monoisotopic (exact) mass is 275 g/mol. The molecule has 0 spiro atoms. The Hall–Kier alpha value is -0.920. The Morgan fingerprint density at radius 1 is 1.53 bits per heavy atom. The minimum absolute atomic E-state index is 0.0827. The highest BCUT2D eigenvalue weighted by Crippen LogP contribution is 2.41. The molecular formula is C10H13NO4S2. The van der Waals surface area contributed by atoms with Crippen molar-refractivity contribution in [3.05, 3.63) is 16.5 Å². The smallest absolute Gasteiger partial charge is 0.346 e. The zero-order valence-corrected chi connectivity index (χ0v) is 10.9. The maximum absolute atomic E-state index is 11.6. The Labute approximate surface area is 104 Å². The van der Waals surface area contributed by atoms with Crippen molar-refractivity contribution in [2.75, 3.05) is 7.05 Å². The van der Waals surface area contributed by atoms with Crippen LogP contribution in [0.5, 0.6) is 0 Å². The van der Waals surface area contributed by atoms with Gasteiger partial charge in [-0.25, -0.2) is 17.9 Å². The molecule has 1 aliphatic rings. The topological polar surface area (TPSA) is 83.5 Å². The molecule has 1 fully saturated rings. The van der Waals surface area contributed by atoms with E-state index in [1.807, 2.05) is 0 Å². The first-order valence-electron chi connectivity index (χ1n) is 5.26. The van der Waals surface area contributed by atoms with Crippen LogP contribution in [0.2, 0.25) is 0 Å². The summed E-state index contributed by atoms with van der Waals surface area (Å²) in [4.78, 5) is 11.2. The molecule has 5 nitrogen and oxygen atoms in total. The van der Waals surface area contributed by atoms with Gasteiger partial charge >= 0.3 is 5.97 Å². The third-order valence-electron chi connectivity index (χ3n) is 3.01. The summed E-state index contributed by atoms with van der Waals surface area (Å²) in [7, 11) is -2.23. The predicted molar refractivity (Wildman–Crippen MR) is 64.1 cm³/mol. The molecule has 1 heterocycles. The van der Waals surface area contributed by atoms with Crippen molar-refractivity contribution < 1.29 is 18.3 Å². The summed E-state index contributed by atoms with van der Waals surface area (Å²) in [5, 5.41) is 9.08. The number of thiophene rings is 1. The summed E-state index contributed by atoms with van der Waals surface area (Å²) in [6, 6.07) is 1.50. The minimum Gasteiger partial charge on any atom is -0.477 e. The van der Waals surface area contributed by atoms with Crippen LogP contribution in [-0.2, 0) is 10.0 Å². The van der Waals surface area contributed by atoms with Gasteiger partial charge in [0, 0.05) is 0 Å². The zero-order valence-electron chi connectivity index (χ0n) is 9.26. The van der Waals surface area contributed by atoms with E-state index >= 15 is 0 Å². The Bertz CT molecular complexity index is 543. The maximum atomic E-state index is 11.6. The first-order valence-corrected chi connectivity index (χ1v) is 7.56. The highest BCUT2D eigenvalue weighted by Gasteiger charge is 2.29. The molecule has 94 valence electrons. The summed E-state index contributed by atoms with van der Waals surface area (Å²) in [5.41, 5.74) is 0.669. The Kier molecular flexibility index (Phi) is 3.24. The second kappa shape index (κ2) is 4.40. The molecule has 1 aliphatic carbocycles. The Balaban J connectivity index is 2.48. The zero-order chi connectivity index (χ0) is 12.6. The van der Waals surface area contributed by atoms with Crippen molar-refractivity contribution in [2.45, 2.75) is 29.4 Å². The summed E-state index contributed by atoms with van der Waals surface area (Å²) in [6.07, 6.45) is 2.96. The molecule has 2 rings (SSSR count). The summed E-state index contributed by atoms with van der Waals surface area (Å²) in [6.45, 7) is 0. The van der Waals surface area contributed by atoms with Gasteiger partial charge in [-0.2, -0.15) is 0 Å². The SMILES string of the molecule is CNS(=O)(=O)c1cc(C2CCC2)c(C(=O)O)s1. The van der Waals surface area contributed by atoms with Crippen molar-refractivity contribution in [3.63, 3.8) is 0 Å². The number of hydrogen-bond acceptors (Lipinski definition) is 4. The average molecular weight is 275 g/mol. The van der Waals surface area contributed by atoms with Crippen LogP contribution in [-0.4, -0.2) is 26.5 Å². The fourth-order valence-corrected chi connectivity index (χ4v) is 4.04. The molecule has 1 aromatic rings. The van der Waals surface area contributed by atoms with Gasteiger partial charge in [-0.15, -0.1) is 11.3 Å². The van der Waals surface area contributed by atoms with E-state index in [9.17, 15) is 13.2 Å². The third-order valence-corrected chi connectivity index (χ3v) is 6.04. The van der Waals surface area contributed by atoms with Crippen LogP contribution in [0.4, 0.5) is 0 Å². The lowest BCUT2D eigenvalue weighted by molar-refractivity contribution is 0.0700. The average Bonchev–Trinajstić information content (AvgIpc) is 2.60. The number of carbonyl (C=O) groups is 1. The van der Waals surface area contributed by atoms with E-state index in [4.69, 9.17) is 5.11 Å². The van der Waals surface area contributed by atoms with Gasteiger partial charge in [0.15, 0.2) is 0 Å². The molecule has 0 bridgehead atoms. The summed E-state index contributed by atoms with van der Waals surface area (Å²) >= 11 is 0.827. The lowest BCUT2D eigenvalue weighted by atomic mass is 9.80. The molecule has 0 unspecified atom stereocenters. The van der Waals surface area contributed by atoms with E-state index in [0.29, 0.717) is 5.56 Å². The van der Waals surface area contributed by atoms with Crippen LogP contribution in [0.3, 0.4) is 0 Å². The second-order valence-corrected chi connectivity index (χ2v) is 7.16. The summed E-state index contributed by atoms with van der Waals surface area (Å²) < 4.78 is 25.5. The van der Waals surface area contributed by atoms with Crippen molar-refractivity contribution in [1.82, 2.24) is 4.72 Å². The van der Waals surface area contributed by atoms with Gasteiger partial charge in [-0.3, -0.25) is 0 Å². The Morgan fingerprint density at radius 2 is 2.18 bits per heavy atom. The number of rotatable bonds is 4. The highest BCUT2D eigenvalue weighted by molar-refractivity contribution is 7.91. The molecular weight excluding hydrogens is 262 g/mol. The number of carboxylic acids is 1. The second-order valence-electron chi connectivity index (χ2n) is 3.99. The third kappa shape index (κ3) is 2.22. The van der Waals surface area contributed by atoms with Gasteiger partial charge in [0.2, 0.25) is 10.0 Å². The van der Waals surface area contributed by atoms with Crippen LogP contribution >= 0.6 is 11.3 Å². The normalized spacial score (nSPS) is 16.8. The van der Waals surface area contributed by atoms with Gasteiger partial charge in [0.05, 0.1) is 0 Å². The van der Waals surface area contributed by atoms with E-state index in [0.717, 1.165) is 30.6 Å². The van der Waals surface area contributed by atoms with Crippen LogP contribution in [0.15, 0.2) is 10.3 Å². The fourth-order valence-electron chi connectivity index (χ4n) is 1.80. The van der Waals surface area contributed by atoms with Gasteiger partial charge in [-0.1, -0.05) is 6.42 Å². The molecule has 0 amide bonds. The molecule has 17 heavy (non-hydrogen) atoms. The molecule has 0 aliphatic heterocycles. The summed E-state index contributed by atoms with van der Waals surface area (Å²) in [5.74, 6) is -0.840. The van der Waals surface area contributed by atoms with Crippen LogP contribution in [0.25, 0.3) is 0 Å². The molecule has 0 aromatic carbocycles. The van der Waals surface area contributed by atoms with E-state index in [2.05, 4.69) is 4.72 Å². The van der Waals surface area contributed by atoms with Gasteiger partial charge in [-0.05, 0) is 37.4 Å². The van der Waals surface area contributed by atoms with Gasteiger partial charge in [0.25, 0.3) is 0 Å². The quantitative estimate of drug-likeness (QED) is 0.874. The van der Waals surface area contributed by atoms with Gasteiger partial charge < -0.3 is 5.11 Å². The number of nitrogens with one attached hydrogen (secondary N) is 1. The largest absolute Gasteiger partial charge is 0.477 e. The predicted octanol–water partition coefficient (Wildman–Crippen LogP) is 1.62. The van der Waals surface area contributed by atoms with E-state index in [1.54, 1.807) is 0 Å². The Morgan fingerprint density at radius 3 is 2.59 bits per heavy atom. The minimum atomic E-state index is -3.55. The molecule has 1 saturated carbocycles. The van der Waals surface area contributed by atoms with E-state index in [1.165, 1.54) is 13.1 Å².